The van der Waals surface area contributed by atoms with Gasteiger partial charge in [0, 0.05) is 12.2 Å². The van der Waals surface area contributed by atoms with Crippen LogP contribution >= 0.6 is 12.6 Å². The minimum Gasteiger partial charge on any atom is -0.480 e. The smallest absolute Gasteiger partial charge is 0.326 e. The molecule has 0 heterocycles. The van der Waals surface area contributed by atoms with E-state index in [1.54, 1.807) is 13.8 Å². The lowest BCUT2D eigenvalue weighted by atomic mass is 10.0. The second kappa shape index (κ2) is 14.2. The lowest BCUT2D eigenvalue weighted by molar-refractivity contribution is -0.142. The molecule has 0 aliphatic rings. The standard InChI is InChI=1S/C18H32N6O7S/c1-8(2)5-11(23-15(27)9(19)6-14(21)26)16(28)24-12(7-32)17(29)22-10(18(30)31)3-4-13(20)25/h8-12,32H,3-7,19H2,1-2H3,(H2,20,25)(H2,21,26)(H,22,29)(H,23,27)(H,24,28)(H,30,31). The van der Waals surface area contributed by atoms with E-state index in [1.165, 1.54) is 0 Å². The summed E-state index contributed by atoms with van der Waals surface area (Å²) in [6.07, 6.45) is -0.708. The maximum Gasteiger partial charge on any atom is 0.326 e. The molecule has 0 aliphatic heterocycles. The monoisotopic (exact) mass is 476 g/mol. The molecule has 0 saturated carbocycles. The van der Waals surface area contributed by atoms with Gasteiger partial charge in [0.05, 0.1) is 12.5 Å². The van der Waals surface area contributed by atoms with Gasteiger partial charge in [0.1, 0.15) is 18.1 Å². The van der Waals surface area contributed by atoms with E-state index in [0.29, 0.717) is 0 Å². The van der Waals surface area contributed by atoms with Crippen LogP contribution in [0.15, 0.2) is 0 Å². The third-order valence-electron chi connectivity index (χ3n) is 4.21. The van der Waals surface area contributed by atoms with Crippen LogP contribution < -0.4 is 33.2 Å². The summed E-state index contributed by atoms with van der Waals surface area (Å²) in [4.78, 5) is 70.5. The average Bonchev–Trinajstić information content (AvgIpc) is 2.66. The number of hydrogen-bond donors (Lipinski definition) is 8. The highest BCUT2D eigenvalue weighted by atomic mass is 32.1. The molecule has 0 rings (SSSR count). The number of hydrogen-bond acceptors (Lipinski definition) is 8. The van der Waals surface area contributed by atoms with Crippen molar-refractivity contribution in [2.45, 2.75) is 63.7 Å². The Labute approximate surface area is 191 Å². The van der Waals surface area contributed by atoms with E-state index in [-0.39, 0.29) is 30.9 Å². The number of aliphatic carboxylic acids is 1. The summed E-state index contributed by atoms with van der Waals surface area (Å²) in [6, 6.07) is -4.96. The van der Waals surface area contributed by atoms with E-state index in [9.17, 15) is 33.9 Å². The molecule has 14 heteroatoms. The third-order valence-corrected chi connectivity index (χ3v) is 4.57. The Kier molecular flexibility index (Phi) is 13.0. The fourth-order valence-corrected chi connectivity index (χ4v) is 2.83. The number of carbonyl (C=O) groups is 6. The van der Waals surface area contributed by atoms with E-state index in [4.69, 9.17) is 17.2 Å². The first-order chi connectivity index (χ1) is 14.8. The van der Waals surface area contributed by atoms with E-state index in [2.05, 4.69) is 28.6 Å². The van der Waals surface area contributed by atoms with Crippen molar-refractivity contribution in [3.8, 4) is 0 Å². The molecule has 0 saturated heterocycles. The van der Waals surface area contributed by atoms with Crippen LogP contribution in [0.25, 0.3) is 0 Å². The van der Waals surface area contributed by atoms with Crippen LogP contribution in [0.5, 0.6) is 0 Å². The predicted octanol–water partition coefficient (Wildman–Crippen LogP) is -3.03. The van der Waals surface area contributed by atoms with Gasteiger partial charge in [-0.25, -0.2) is 4.79 Å². The molecule has 5 amide bonds. The summed E-state index contributed by atoms with van der Waals surface area (Å²) in [5.74, 6) is -5.44. The number of carboxylic acids is 1. The van der Waals surface area contributed by atoms with Gasteiger partial charge in [-0.05, 0) is 18.8 Å². The first-order valence-electron chi connectivity index (χ1n) is 9.85. The van der Waals surface area contributed by atoms with E-state index in [0.717, 1.165) is 0 Å². The van der Waals surface area contributed by atoms with Crippen LogP contribution in [0.4, 0.5) is 0 Å². The lowest BCUT2D eigenvalue weighted by Crippen LogP contribution is -2.58. The number of primary amides is 2. The predicted molar refractivity (Wildman–Crippen MR) is 117 cm³/mol. The largest absolute Gasteiger partial charge is 0.480 e. The van der Waals surface area contributed by atoms with Crippen LogP contribution in [0.2, 0.25) is 0 Å². The maximum absolute atomic E-state index is 12.7. The molecule has 0 aromatic heterocycles. The fraction of sp³-hybridized carbons (Fsp3) is 0.667. The maximum atomic E-state index is 12.7. The first kappa shape index (κ1) is 29.1. The van der Waals surface area contributed by atoms with Gasteiger partial charge in [0.15, 0.2) is 0 Å². The fourth-order valence-electron chi connectivity index (χ4n) is 2.57. The molecule has 4 atom stereocenters. The third kappa shape index (κ3) is 11.5. The van der Waals surface area contributed by atoms with Gasteiger partial charge in [-0.2, -0.15) is 12.6 Å². The highest BCUT2D eigenvalue weighted by Gasteiger charge is 2.30. The Morgan fingerprint density at radius 3 is 1.78 bits per heavy atom. The average molecular weight is 477 g/mol. The van der Waals surface area contributed by atoms with Crippen LogP contribution in [0.3, 0.4) is 0 Å². The normalized spacial score (nSPS) is 14.5. The summed E-state index contributed by atoms with van der Waals surface area (Å²) in [7, 11) is 0. The van der Waals surface area contributed by atoms with Crippen LogP contribution in [0, 0.1) is 5.92 Å². The Morgan fingerprint density at radius 1 is 0.844 bits per heavy atom. The van der Waals surface area contributed by atoms with Crippen molar-refractivity contribution in [1.82, 2.24) is 16.0 Å². The molecule has 32 heavy (non-hydrogen) atoms. The number of carboxylic acid groups (broad SMARTS) is 1. The zero-order valence-corrected chi connectivity index (χ0v) is 18.9. The van der Waals surface area contributed by atoms with Gasteiger partial charge < -0.3 is 38.3 Å². The van der Waals surface area contributed by atoms with E-state index >= 15 is 0 Å². The zero-order valence-electron chi connectivity index (χ0n) is 18.0. The van der Waals surface area contributed by atoms with E-state index in [1.807, 2.05) is 0 Å². The topological polar surface area (TPSA) is 237 Å². The van der Waals surface area contributed by atoms with Crippen molar-refractivity contribution >= 4 is 48.1 Å². The first-order valence-corrected chi connectivity index (χ1v) is 10.5. The Hall–Kier alpha value is -2.87. The minimum atomic E-state index is -1.40. The van der Waals surface area contributed by atoms with Gasteiger partial charge in [-0.3, -0.25) is 24.0 Å². The number of thiol groups is 1. The number of amides is 5. The van der Waals surface area contributed by atoms with Crippen molar-refractivity contribution < 1.29 is 33.9 Å². The molecular formula is C18H32N6O7S. The Bertz CT molecular complexity index is 718. The SMILES string of the molecule is CC(C)CC(NC(=O)C(N)CC(N)=O)C(=O)NC(CS)C(=O)NC(CCC(N)=O)C(=O)O. The van der Waals surface area contributed by atoms with Crippen molar-refractivity contribution in [3.05, 3.63) is 0 Å². The minimum absolute atomic E-state index is 0.0353. The molecule has 0 radical (unpaired) electrons. The number of rotatable bonds is 15. The molecule has 182 valence electrons. The summed E-state index contributed by atoms with van der Waals surface area (Å²) in [6.45, 7) is 3.60. The zero-order chi connectivity index (χ0) is 25.0. The Morgan fingerprint density at radius 2 is 1.34 bits per heavy atom. The molecule has 4 unspecified atom stereocenters. The van der Waals surface area contributed by atoms with Crippen LogP contribution in [-0.4, -0.2) is 70.5 Å². The summed E-state index contributed by atoms with van der Waals surface area (Å²) >= 11 is 4.01. The molecule has 10 N–H and O–H groups in total. The highest BCUT2D eigenvalue weighted by Crippen LogP contribution is 2.07. The summed E-state index contributed by atoms with van der Waals surface area (Å²) in [5, 5.41) is 16.3. The molecule has 0 aromatic rings. The number of nitrogens with one attached hydrogen (secondary N) is 3. The van der Waals surface area contributed by atoms with Crippen molar-refractivity contribution in [2.75, 3.05) is 5.75 Å². The molecule has 0 bridgehead atoms. The second-order valence-corrected chi connectivity index (χ2v) is 7.98. The number of nitrogens with two attached hydrogens (primary N) is 3. The summed E-state index contributed by atoms with van der Waals surface area (Å²) < 4.78 is 0. The summed E-state index contributed by atoms with van der Waals surface area (Å²) in [5.41, 5.74) is 15.6. The van der Waals surface area contributed by atoms with Crippen molar-refractivity contribution in [3.63, 3.8) is 0 Å². The Balaban J connectivity index is 5.25. The molecule has 0 aromatic carbocycles. The lowest BCUT2D eigenvalue weighted by Gasteiger charge is -2.25. The second-order valence-electron chi connectivity index (χ2n) is 7.62. The van der Waals surface area contributed by atoms with E-state index < -0.39 is 66.1 Å². The molecule has 0 aliphatic carbocycles. The number of carbonyl (C=O) groups excluding carboxylic acids is 5. The van der Waals surface area contributed by atoms with Gasteiger partial charge in [-0.1, -0.05) is 13.8 Å². The molecule has 0 spiro atoms. The van der Waals surface area contributed by atoms with Crippen LogP contribution in [0.1, 0.15) is 39.5 Å². The van der Waals surface area contributed by atoms with Crippen molar-refractivity contribution in [2.24, 2.45) is 23.1 Å². The molecular weight excluding hydrogens is 444 g/mol. The molecule has 13 nitrogen and oxygen atoms in total. The van der Waals surface area contributed by atoms with Crippen molar-refractivity contribution in [1.29, 1.82) is 0 Å². The van der Waals surface area contributed by atoms with Gasteiger partial charge in [0.25, 0.3) is 0 Å². The van der Waals surface area contributed by atoms with Gasteiger partial charge >= 0.3 is 5.97 Å². The van der Waals surface area contributed by atoms with Crippen LogP contribution in [-0.2, 0) is 28.8 Å². The molecule has 0 fully saturated rings. The van der Waals surface area contributed by atoms with Gasteiger partial charge in [0.2, 0.25) is 29.5 Å². The highest BCUT2D eigenvalue weighted by molar-refractivity contribution is 7.80. The quantitative estimate of drug-likeness (QED) is 0.113. The van der Waals surface area contributed by atoms with Gasteiger partial charge in [-0.15, -0.1) is 0 Å².